The van der Waals surface area contributed by atoms with Crippen LogP contribution in [0.2, 0.25) is 5.15 Å². The Bertz CT molecular complexity index is 394. The lowest BCUT2D eigenvalue weighted by molar-refractivity contribution is 0.0775. The second kappa shape index (κ2) is 5.47. The van der Waals surface area contributed by atoms with E-state index in [1.807, 2.05) is 4.90 Å². The van der Waals surface area contributed by atoms with Crippen LogP contribution >= 0.6 is 11.6 Å². The van der Waals surface area contributed by atoms with E-state index in [-0.39, 0.29) is 5.91 Å². The Hall–Kier alpha value is -1.13. The summed E-state index contributed by atoms with van der Waals surface area (Å²) >= 11 is 5.69. The van der Waals surface area contributed by atoms with E-state index in [9.17, 15) is 4.79 Å². The number of hydrogen-bond donors (Lipinski definition) is 0. The van der Waals surface area contributed by atoms with Gasteiger partial charge in [-0.25, -0.2) is 4.98 Å². The number of carbonyl (C=O) groups excluding carboxylic acids is 1. The van der Waals surface area contributed by atoms with Gasteiger partial charge in [-0.1, -0.05) is 11.6 Å². The number of amides is 1. The van der Waals surface area contributed by atoms with Crippen molar-refractivity contribution in [3.8, 4) is 0 Å². The van der Waals surface area contributed by atoms with Gasteiger partial charge in [-0.15, -0.1) is 0 Å². The predicted molar refractivity (Wildman–Crippen MR) is 65.1 cm³/mol. The lowest BCUT2D eigenvalue weighted by Gasteiger charge is -2.16. The van der Waals surface area contributed by atoms with Crippen molar-refractivity contribution in [2.24, 2.45) is 5.92 Å². The third kappa shape index (κ3) is 2.96. The van der Waals surface area contributed by atoms with Gasteiger partial charge in [-0.3, -0.25) is 4.79 Å². The SMILES string of the molecule is COCC1CCN(C(=O)c2ccc(Cl)nc2)C1. The molecule has 1 aliphatic rings. The van der Waals surface area contributed by atoms with E-state index in [1.165, 1.54) is 6.20 Å². The van der Waals surface area contributed by atoms with E-state index in [0.29, 0.717) is 23.2 Å². The quantitative estimate of drug-likeness (QED) is 0.773. The summed E-state index contributed by atoms with van der Waals surface area (Å²) < 4.78 is 5.11. The highest BCUT2D eigenvalue weighted by Crippen LogP contribution is 2.19. The fourth-order valence-electron chi connectivity index (χ4n) is 2.07. The van der Waals surface area contributed by atoms with E-state index >= 15 is 0 Å². The topological polar surface area (TPSA) is 42.4 Å². The lowest BCUT2D eigenvalue weighted by atomic mass is 10.1. The highest BCUT2D eigenvalue weighted by atomic mass is 35.5. The Morgan fingerprint density at radius 2 is 2.47 bits per heavy atom. The van der Waals surface area contributed by atoms with Gasteiger partial charge >= 0.3 is 0 Å². The van der Waals surface area contributed by atoms with Crippen LogP contribution in [0.25, 0.3) is 0 Å². The van der Waals surface area contributed by atoms with Gasteiger partial charge in [0.25, 0.3) is 5.91 Å². The van der Waals surface area contributed by atoms with E-state index in [1.54, 1.807) is 19.2 Å². The third-order valence-corrected chi connectivity index (χ3v) is 3.17. The molecule has 0 radical (unpaired) electrons. The van der Waals surface area contributed by atoms with Gasteiger partial charge in [0.15, 0.2) is 0 Å². The molecule has 1 fully saturated rings. The molecular weight excluding hydrogens is 240 g/mol. The molecule has 1 amide bonds. The number of ether oxygens (including phenoxy) is 1. The standard InChI is InChI=1S/C12H15ClN2O2/c1-17-8-9-4-5-15(7-9)12(16)10-2-3-11(13)14-6-10/h2-3,6,9H,4-5,7-8H2,1H3. The number of aromatic nitrogens is 1. The molecule has 1 atom stereocenters. The summed E-state index contributed by atoms with van der Waals surface area (Å²) in [5.41, 5.74) is 0.590. The summed E-state index contributed by atoms with van der Waals surface area (Å²) in [5, 5.41) is 0.403. The van der Waals surface area contributed by atoms with Crippen LogP contribution in [0.15, 0.2) is 18.3 Å². The van der Waals surface area contributed by atoms with Gasteiger partial charge in [-0.05, 0) is 18.6 Å². The second-order valence-corrected chi connectivity index (χ2v) is 4.62. The zero-order valence-corrected chi connectivity index (χ0v) is 10.5. The first-order valence-corrected chi connectivity index (χ1v) is 5.98. The monoisotopic (exact) mass is 254 g/mol. The molecule has 1 aromatic rings. The maximum Gasteiger partial charge on any atom is 0.255 e. The van der Waals surface area contributed by atoms with Gasteiger partial charge in [0.1, 0.15) is 5.15 Å². The van der Waals surface area contributed by atoms with E-state index in [2.05, 4.69) is 4.98 Å². The summed E-state index contributed by atoms with van der Waals surface area (Å²) in [5.74, 6) is 0.469. The van der Waals surface area contributed by atoms with Gasteiger partial charge < -0.3 is 9.64 Å². The van der Waals surface area contributed by atoms with Crippen molar-refractivity contribution in [3.05, 3.63) is 29.0 Å². The average molecular weight is 255 g/mol. The fraction of sp³-hybridized carbons (Fsp3) is 0.500. The number of pyridine rings is 1. The number of methoxy groups -OCH3 is 1. The highest BCUT2D eigenvalue weighted by Gasteiger charge is 2.26. The number of hydrogen-bond acceptors (Lipinski definition) is 3. The Morgan fingerprint density at radius 1 is 1.65 bits per heavy atom. The van der Waals surface area contributed by atoms with Crippen molar-refractivity contribution in [2.45, 2.75) is 6.42 Å². The molecule has 92 valence electrons. The fourth-order valence-corrected chi connectivity index (χ4v) is 2.19. The largest absolute Gasteiger partial charge is 0.384 e. The summed E-state index contributed by atoms with van der Waals surface area (Å²) in [6, 6.07) is 3.35. The summed E-state index contributed by atoms with van der Waals surface area (Å²) in [7, 11) is 1.69. The maximum atomic E-state index is 12.1. The molecule has 0 bridgehead atoms. The Labute approximate surface area is 106 Å². The van der Waals surface area contributed by atoms with Crippen LogP contribution in [-0.4, -0.2) is 42.6 Å². The molecule has 2 rings (SSSR count). The van der Waals surface area contributed by atoms with Gasteiger partial charge in [0.05, 0.1) is 12.2 Å². The number of carbonyl (C=O) groups is 1. The summed E-state index contributed by atoms with van der Waals surface area (Å²) in [6.45, 7) is 2.26. The number of rotatable bonds is 3. The Morgan fingerprint density at radius 3 is 3.12 bits per heavy atom. The van der Waals surface area contributed by atoms with Crippen LogP contribution < -0.4 is 0 Å². The minimum Gasteiger partial charge on any atom is -0.384 e. The molecule has 0 aromatic carbocycles. The van der Waals surface area contributed by atoms with Crippen molar-refractivity contribution in [1.82, 2.24) is 9.88 Å². The first-order valence-electron chi connectivity index (χ1n) is 5.60. The molecule has 1 unspecified atom stereocenters. The van der Waals surface area contributed by atoms with Crippen molar-refractivity contribution in [2.75, 3.05) is 26.8 Å². The first-order chi connectivity index (χ1) is 8.20. The van der Waals surface area contributed by atoms with E-state index in [0.717, 1.165) is 19.5 Å². The van der Waals surface area contributed by atoms with Crippen molar-refractivity contribution < 1.29 is 9.53 Å². The molecule has 1 aliphatic heterocycles. The molecule has 2 heterocycles. The number of halogens is 1. The molecule has 17 heavy (non-hydrogen) atoms. The van der Waals surface area contributed by atoms with Gasteiger partial charge in [0, 0.05) is 32.3 Å². The zero-order chi connectivity index (χ0) is 12.3. The molecule has 0 saturated carbocycles. The lowest BCUT2D eigenvalue weighted by Crippen LogP contribution is -2.29. The molecule has 5 heteroatoms. The van der Waals surface area contributed by atoms with Gasteiger partial charge in [-0.2, -0.15) is 0 Å². The molecule has 0 spiro atoms. The minimum atomic E-state index is 0.0211. The second-order valence-electron chi connectivity index (χ2n) is 4.23. The molecule has 1 aromatic heterocycles. The Balaban J connectivity index is 1.99. The van der Waals surface area contributed by atoms with Gasteiger partial charge in [0.2, 0.25) is 0 Å². The Kier molecular flexibility index (Phi) is 3.97. The zero-order valence-electron chi connectivity index (χ0n) is 9.73. The molecule has 0 N–H and O–H groups in total. The van der Waals surface area contributed by atoms with Crippen LogP contribution in [0.5, 0.6) is 0 Å². The molecular formula is C12H15ClN2O2. The number of likely N-dealkylation sites (tertiary alicyclic amines) is 1. The van der Waals surface area contributed by atoms with Crippen LogP contribution in [0, 0.1) is 5.92 Å². The van der Waals surface area contributed by atoms with E-state index < -0.39 is 0 Å². The smallest absolute Gasteiger partial charge is 0.255 e. The van der Waals surface area contributed by atoms with Crippen molar-refractivity contribution in [3.63, 3.8) is 0 Å². The summed E-state index contributed by atoms with van der Waals surface area (Å²) in [4.78, 5) is 17.9. The van der Waals surface area contributed by atoms with Crippen molar-refractivity contribution >= 4 is 17.5 Å². The highest BCUT2D eigenvalue weighted by molar-refractivity contribution is 6.29. The predicted octanol–water partition coefficient (Wildman–Crippen LogP) is 1.84. The van der Waals surface area contributed by atoms with Crippen molar-refractivity contribution in [1.29, 1.82) is 0 Å². The molecule has 4 nitrogen and oxygen atoms in total. The van der Waals surface area contributed by atoms with Crippen LogP contribution in [0.4, 0.5) is 0 Å². The number of nitrogens with zero attached hydrogens (tertiary/aromatic N) is 2. The van der Waals surface area contributed by atoms with Crippen LogP contribution in [0.3, 0.4) is 0 Å². The first kappa shape index (κ1) is 12.3. The molecule has 0 aliphatic carbocycles. The molecule has 1 saturated heterocycles. The average Bonchev–Trinajstić information content (AvgIpc) is 2.78. The minimum absolute atomic E-state index is 0.0211. The summed E-state index contributed by atoms with van der Waals surface area (Å²) in [6.07, 6.45) is 2.52. The van der Waals surface area contributed by atoms with Crippen LogP contribution in [-0.2, 0) is 4.74 Å². The van der Waals surface area contributed by atoms with Crippen LogP contribution in [0.1, 0.15) is 16.8 Å². The normalized spacial score (nSPS) is 19.6. The maximum absolute atomic E-state index is 12.1. The third-order valence-electron chi connectivity index (χ3n) is 2.95. The van der Waals surface area contributed by atoms with E-state index in [4.69, 9.17) is 16.3 Å².